The van der Waals surface area contributed by atoms with Crippen molar-refractivity contribution in [2.24, 2.45) is 5.73 Å². The maximum atomic E-state index is 8.61. The molecule has 3 atom stereocenters. The molecule has 0 saturated heterocycles. The van der Waals surface area contributed by atoms with Crippen molar-refractivity contribution < 1.29 is 15.3 Å². The van der Waals surface area contributed by atoms with Crippen LogP contribution in [0, 0.1) is 0 Å². The van der Waals surface area contributed by atoms with E-state index >= 15 is 0 Å². The molecule has 0 bridgehead atoms. The topological polar surface area (TPSA) is 86.7 Å². The summed E-state index contributed by atoms with van der Waals surface area (Å²) < 4.78 is 0. The summed E-state index contributed by atoms with van der Waals surface area (Å²) in [5, 5.41) is 25.6. The standard InChI is InChI=1S/C3H11NO3Si/c4-2(6)1(5)3(7)8/h1-3,5-7H,4H2,8H3. The minimum Gasteiger partial charge on any atom is -0.395 e. The minimum absolute atomic E-state index is 0.416. The van der Waals surface area contributed by atoms with Gasteiger partial charge in [0, 0.05) is 10.2 Å². The van der Waals surface area contributed by atoms with Crippen LogP contribution in [0.15, 0.2) is 0 Å². The number of hydrogen-bond acceptors (Lipinski definition) is 4. The Labute approximate surface area is 50.4 Å². The Balaban J connectivity index is 3.46. The molecule has 0 saturated carbocycles. The first kappa shape index (κ1) is 8.06. The second kappa shape index (κ2) is 3.16. The first-order chi connectivity index (χ1) is 3.55. The summed E-state index contributed by atoms with van der Waals surface area (Å²) >= 11 is 0. The van der Waals surface area contributed by atoms with E-state index in [1.165, 1.54) is 0 Å². The van der Waals surface area contributed by atoms with Crippen LogP contribution in [0.1, 0.15) is 0 Å². The second-order valence-electron chi connectivity index (χ2n) is 1.72. The molecule has 0 radical (unpaired) electrons. The van der Waals surface area contributed by atoms with E-state index < -0.39 is 18.1 Å². The smallest absolute Gasteiger partial charge is 0.130 e. The maximum absolute atomic E-state index is 8.61. The van der Waals surface area contributed by atoms with Gasteiger partial charge in [0.2, 0.25) is 0 Å². The molecule has 0 heterocycles. The van der Waals surface area contributed by atoms with Crippen molar-refractivity contribution >= 4 is 10.2 Å². The third-order valence-corrected chi connectivity index (χ3v) is 1.53. The van der Waals surface area contributed by atoms with Crippen LogP contribution in [-0.2, 0) is 0 Å². The zero-order chi connectivity index (χ0) is 6.73. The minimum atomic E-state index is -1.32. The van der Waals surface area contributed by atoms with Gasteiger partial charge in [-0.2, -0.15) is 0 Å². The van der Waals surface area contributed by atoms with Crippen molar-refractivity contribution in [2.45, 2.75) is 18.1 Å². The van der Waals surface area contributed by atoms with Gasteiger partial charge in [-0.05, 0) is 0 Å². The fraction of sp³-hybridized carbons (Fsp3) is 1.00. The van der Waals surface area contributed by atoms with E-state index in [1.807, 2.05) is 0 Å². The van der Waals surface area contributed by atoms with E-state index in [4.69, 9.17) is 21.1 Å². The zero-order valence-electron chi connectivity index (χ0n) is 4.65. The molecule has 8 heavy (non-hydrogen) atoms. The average molecular weight is 137 g/mol. The lowest BCUT2D eigenvalue weighted by molar-refractivity contribution is -0.0262. The van der Waals surface area contributed by atoms with Gasteiger partial charge in [0.1, 0.15) is 12.3 Å². The van der Waals surface area contributed by atoms with Gasteiger partial charge in [0.25, 0.3) is 0 Å². The average Bonchev–Trinajstić information content (AvgIpc) is 1.64. The fourth-order valence-corrected chi connectivity index (χ4v) is 0.680. The number of rotatable bonds is 2. The molecular formula is C3H11NO3Si. The van der Waals surface area contributed by atoms with Crippen molar-refractivity contribution in [3.63, 3.8) is 0 Å². The van der Waals surface area contributed by atoms with Crippen molar-refractivity contribution in [1.29, 1.82) is 0 Å². The molecule has 0 spiro atoms. The Hall–Kier alpha value is 0.0569. The molecule has 0 aliphatic heterocycles. The van der Waals surface area contributed by atoms with Crippen LogP contribution >= 0.6 is 0 Å². The summed E-state index contributed by atoms with van der Waals surface area (Å²) in [5.41, 5.74) is 3.97. The quantitative estimate of drug-likeness (QED) is 0.233. The van der Waals surface area contributed by atoms with Crippen LogP contribution in [-0.4, -0.2) is 43.6 Å². The van der Waals surface area contributed by atoms with E-state index in [2.05, 4.69) is 0 Å². The molecule has 50 valence electrons. The van der Waals surface area contributed by atoms with Crippen LogP contribution in [0.2, 0.25) is 0 Å². The van der Waals surface area contributed by atoms with Crippen LogP contribution in [0.25, 0.3) is 0 Å². The van der Waals surface area contributed by atoms with Crippen molar-refractivity contribution in [1.82, 2.24) is 0 Å². The normalized spacial score (nSPS) is 22.5. The van der Waals surface area contributed by atoms with Gasteiger partial charge >= 0.3 is 0 Å². The van der Waals surface area contributed by atoms with Gasteiger partial charge in [-0.25, -0.2) is 0 Å². The van der Waals surface area contributed by atoms with Crippen molar-refractivity contribution in [3.05, 3.63) is 0 Å². The van der Waals surface area contributed by atoms with E-state index in [-0.39, 0.29) is 0 Å². The third kappa shape index (κ3) is 2.39. The Morgan fingerprint density at radius 1 is 1.25 bits per heavy atom. The third-order valence-electron chi connectivity index (χ3n) is 0.844. The Kier molecular flexibility index (Phi) is 3.18. The molecule has 3 unspecified atom stereocenters. The Morgan fingerprint density at radius 2 is 1.62 bits per heavy atom. The van der Waals surface area contributed by atoms with E-state index in [9.17, 15) is 0 Å². The van der Waals surface area contributed by atoms with Gasteiger partial charge in [0.15, 0.2) is 0 Å². The Morgan fingerprint density at radius 3 is 1.62 bits per heavy atom. The lowest BCUT2D eigenvalue weighted by Gasteiger charge is -2.15. The number of aliphatic hydroxyl groups excluding tert-OH is 3. The maximum Gasteiger partial charge on any atom is 0.130 e. The van der Waals surface area contributed by atoms with Crippen molar-refractivity contribution in [3.8, 4) is 0 Å². The van der Waals surface area contributed by atoms with E-state index in [0.29, 0.717) is 10.2 Å². The molecule has 5 N–H and O–H groups in total. The lowest BCUT2D eigenvalue weighted by Crippen LogP contribution is -2.42. The van der Waals surface area contributed by atoms with E-state index in [1.54, 1.807) is 0 Å². The molecule has 0 fully saturated rings. The number of nitrogens with two attached hydrogens (primary N) is 1. The van der Waals surface area contributed by atoms with Gasteiger partial charge in [0.05, 0.1) is 5.73 Å². The van der Waals surface area contributed by atoms with Gasteiger partial charge in [-0.15, -0.1) is 0 Å². The SMILES string of the molecule is NC(O)C(O)C(O)[SiH3]. The molecule has 0 amide bonds. The first-order valence-electron chi connectivity index (χ1n) is 2.35. The molecule has 5 heteroatoms. The van der Waals surface area contributed by atoms with E-state index in [0.717, 1.165) is 0 Å². The van der Waals surface area contributed by atoms with Crippen LogP contribution in [0.5, 0.6) is 0 Å². The van der Waals surface area contributed by atoms with Crippen LogP contribution < -0.4 is 5.73 Å². The number of hydrogen-bond donors (Lipinski definition) is 4. The molecule has 0 aromatic carbocycles. The van der Waals surface area contributed by atoms with Gasteiger partial charge in [-0.3, -0.25) is 0 Å². The summed E-state index contributed by atoms with van der Waals surface area (Å²) in [4.78, 5) is 0. The first-order valence-corrected chi connectivity index (χ1v) is 3.51. The highest BCUT2D eigenvalue weighted by Crippen LogP contribution is 1.88. The lowest BCUT2D eigenvalue weighted by atomic mass is 10.3. The molecule has 0 aromatic rings. The summed E-state index contributed by atoms with van der Waals surface area (Å²) in [7, 11) is 0.416. The van der Waals surface area contributed by atoms with Gasteiger partial charge in [-0.1, -0.05) is 0 Å². The molecule has 0 aromatic heterocycles. The molecule has 0 aliphatic rings. The summed E-state index contributed by atoms with van der Waals surface area (Å²) in [6.45, 7) is 0. The molecule has 0 rings (SSSR count). The summed E-state index contributed by atoms with van der Waals surface area (Å²) in [6.07, 6.45) is -2.50. The highest BCUT2D eigenvalue weighted by molar-refractivity contribution is 6.11. The Bertz CT molecular complexity index is 59.5. The summed E-state index contributed by atoms with van der Waals surface area (Å²) in [6, 6.07) is 0. The van der Waals surface area contributed by atoms with Crippen molar-refractivity contribution in [2.75, 3.05) is 0 Å². The largest absolute Gasteiger partial charge is 0.395 e. The highest BCUT2D eigenvalue weighted by atomic mass is 28.1. The summed E-state index contributed by atoms with van der Waals surface area (Å²) in [5.74, 6) is 0. The highest BCUT2D eigenvalue weighted by Gasteiger charge is 2.15. The molecule has 0 aliphatic carbocycles. The number of aliphatic hydroxyl groups is 3. The fourth-order valence-electron chi connectivity index (χ4n) is 0.285. The van der Waals surface area contributed by atoms with Gasteiger partial charge < -0.3 is 21.1 Å². The second-order valence-corrected chi connectivity index (χ2v) is 2.90. The monoisotopic (exact) mass is 137 g/mol. The molecular weight excluding hydrogens is 126 g/mol. The van der Waals surface area contributed by atoms with Crippen LogP contribution in [0.3, 0.4) is 0 Å². The zero-order valence-corrected chi connectivity index (χ0v) is 6.65. The predicted molar refractivity (Wildman–Crippen MR) is 32.1 cm³/mol. The molecule has 4 nitrogen and oxygen atoms in total. The van der Waals surface area contributed by atoms with Crippen LogP contribution in [0.4, 0.5) is 0 Å². The predicted octanol–water partition coefficient (Wildman–Crippen LogP) is -3.69.